The molecule has 0 fully saturated rings. The standard InChI is InChI=1S/C14H23ClN2O2/c1-3-5-8-18-9-10-19-14-7-6-12(15)13(17-14)11-16-4-2/h6-7,16H,3-5,8-11H2,1-2H3. The van der Waals surface area contributed by atoms with Crippen LogP contribution in [0.25, 0.3) is 0 Å². The van der Waals surface area contributed by atoms with Crippen LogP contribution in [-0.2, 0) is 11.3 Å². The molecule has 0 saturated heterocycles. The van der Waals surface area contributed by atoms with E-state index in [4.69, 9.17) is 21.1 Å². The van der Waals surface area contributed by atoms with E-state index in [0.717, 1.165) is 31.7 Å². The van der Waals surface area contributed by atoms with Gasteiger partial charge in [-0.3, -0.25) is 0 Å². The van der Waals surface area contributed by atoms with Crippen LogP contribution in [0.3, 0.4) is 0 Å². The maximum Gasteiger partial charge on any atom is 0.213 e. The number of halogens is 1. The van der Waals surface area contributed by atoms with E-state index in [1.54, 1.807) is 6.07 Å². The highest BCUT2D eigenvalue weighted by atomic mass is 35.5. The van der Waals surface area contributed by atoms with Crippen LogP contribution < -0.4 is 10.1 Å². The number of hydrogen-bond acceptors (Lipinski definition) is 4. The van der Waals surface area contributed by atoms with Crippen molar-refractivity contribution in [2.75, 3.05) is 26.4 Å². The Hall–Kier alpha value is -0.840. The van der Waals surface area contributed by atoms with E-state index in [-0.39, 0.29) is 0 Å². The SMILES string of the molecule is CCCCOCCOc1ccc(Cl)c(CNCC)n1. The van der Waals surface area contributed by atoms with Crippen molar-refractivity contribution >= 4 is 11.6 Å². The van der Waals surface area contributed by atoms with E-state index >= 15 is 0 Å². The van der Waals surface area contributed by atoms with Crippen LogP contribution in [-0.4, -0.2) is 31.3 Å². The zero-order chi connectivity index (χ0) is 13.9. The van der Waals surface area contributed by atoms with Gasteiger partial charge in [-0.15, -0.1) is 0 Å². The Morgan fingerprint density at radius 3 is 2.79 bits per heavy atom. The fourth-order valence-electron chi connectivity index (χ4n) is 1.47. The second kappa shape index (κ2) is 10.0. The molecule has 0 saturated carbocycles. The molecule has 1 aromatic heterocycles. The Bertz CT molecular complexity index is 361. The summed E-state index contributed by atoms with van der Waals surface area (Å²) in [5, 5.41) is 3.86. The lowest BCUT2D eigenvalue weighted by atomic mass is 10.3. The summed E-state index contributed by atoms with van der Waals surface area (Å²) in [7, 11) is 0. The molecule has 0 aliphatic carbocycles. The Labute approximate surface area is 120 Å². The predicted molar refractivity (Wildman–Crippen MR) is 77.8 cm³/mol. The van der Waals surface area contributed by atoms with E-state index in [2.05, 4.69) is 17.2 Å². The van der Waals surface area contributed by atoms with E-state index < -0.39 is 0 Å². The van der Waals surface area contributed by atoms with E-state index in [1.807, 2.05) is 13.0 Å². The van der Waals surface area contributed by atoms with Crippen molar-refractivity contribution in [2.24, 2.45) is 0 Å². The van der Waals surface area contributed by atoms with Crippen LogP contribution in [0.5, 0.6) is 5.88 Å². The molecule has 0 radical (unpaired) electrons. The number of rotatable bonds is 10. The molecule has 0 amide bonds. The normalized spacial score (nSPS) is 10.7. The lowest BCUT2D eigenvalue weighted by molar-refractivity contribution is 0.0964. The molecular weight excluding hydrogens is 264 g/mol. The molecule has 0 bridgehead atoms. The molecule has 4 nitrogen and oxygen atoms in total. The molecule has 1 aromatic rings. The highest BCUT2D eigenvalue weighted by Crippen LogP contribution is 2.17. The van der Waals surface area contributed by atoms with Gasteiger partial charge in [-0.25, -0.2) is 4.98 Å². The van der Waals surface area contributed by atoms with Gasteiger partial charge in [0, 0.05) is 19.2 Å². The molecule has 1 rings (SSSR count). The van der Waals surface area contributed by atoms with Gasteiger partial charge >= 0.3 is 0 Å². The second-order valence-corrected chi connectivity index (χ2v) is 4.58. The molecule has 1 N–H and O–H groups in total. The number of ether oxygens (including phenoxy) is 2. The van der Waals surface area contributed by atoms with Crippen LogP contribution >= 0.6 is 11.6 Å². The van der Waals surface area contributed by atoms with Crippen molar-refractivity contribution in [1.82, 2.24) is 10.3 Å². The maximum atomic E-state index is 6.07. The van der Waals surface area contributed by atoms with E-state index in [1.165, 1.54) is 0 Å². The molecule has 0 aliphatic heterocycles. The highest BCUT2D eigenvalue weighted by molar-refractivity contribution is 6.31. The molecule has 19 heavy (non-hydrogen) atoms. The minimum Gasteiger partial charge on any atom is -0.475 e. The maximum absolute atomic E-state index is 6.07. The summed E-state index contributed by atoms with van der Waals surface area (Å²) >= 11 is 6.07. The second-order valence-electron chi connectivity index (χ2n) is 4.17. The van der Waals surface area contributed by atoms with Crippen molar-refractivity contribution in [3.8, 4) is 5.88 Å². The van der Waals surface area contributed by atoms with Crippen molar-refractivity contribution in [3.05, 3.63) is 22.8 Å². The summed E-state index contributed by atoms with van der Waals surface area (Å²) in [6.07, 6.45) is 2.24. The van der Waals surface area contributed by atoms with E-state index in [9.17, 15) is 0 Å². The summed E-state index contributed by atoms with van der Waals surface area (Å²) in [5.41, 5.74) is 0.813. The summed E-state index contributed by atoms with van der Waals surface area (Å²) in [4.78, 5) is 4.37. The fraction of sp³-hybridized carbons (Fsp3) is 0.643. The average Bonchev–Trinajstić information content (AvgIpc) is 2.43. The summed E-state index contributed by atoms with van der Waals surface area (Å²) < 4.78 is 11.0. The minimum absolute atomic E-state index is 0.513. The summed E-state index contributed by atoms with van der Waals surface area (Å²) in [5.74, 6) is 0.594. The number of pyridine rings is 1. The molecule has 0 atom stereocenters. The Morgan fingerprint density at radius 2 is 2.05 bits per heavy atom. The molecule has 0 unspecified atom stereocenters. The lowest BCUT2D eigenvalue weighted by Crippen LogP contribution is -2.14. The number of nitrogens with one attached hydrogen (secondary N) is 1. The molecular formula is C14H23ClN2O2. The number of unbranched alkanes of at least 4 members (excludes halogenated alkanes) is 1. The van der Waals surface area contributed by atoms with Gasteiger partial charge in [0.15, 0.2) is 0 Å². The molecule has 5 heteroatoms. The molecule has 1 heterocycles. The smallest absolute Gasteiger partial charge is 0.213 e. The number of aromatic nitrogens is 1. The van der Waals surface area contributed by atoms with Gasteiger partial charge in [-0.1, -0.05) is 31.9 Å². The van der Waals surface area contributed by atoms with Gasteiger partial charge < -0.3 is 14.8 Å². The van der Waals surface area contributed by atoms with Gasteiger partial charge in [0.25, 0.3) is 0 Å². The number of hydrogen-bond donors (Lipinski definition) is 1. The van der Waals surface area contributed by atoms with Crippen molar-refractivity contribution in [3.63, 3.8) is 0 Å². The third-order valence-electron chi connectivity index (χ3n) is 2.56. The first kappa shape index (κ1) is 16.2. The van der Waals surface area contributed by atoms with Gasteiger partial charge in [-0.05, 0) is 19.0 Å². The molecule has 0 spiro atoms. The molecule has 108 valence electrons. The van der Waals surface area contributed by atoms with Crippen LogP contribution in [0.2, 0.25) is 5.02 Å². The largest absolute Gasteiger partial charge is 0.475 e. The zero-order valence-corrected chi connectivity index (χ0v) is 12.5. The Kier molecular flexibility index (Phi) is 8.54. The topological polar surface area (TPSA) is 43.4 Å². The first-order chi connectivity index (χ1) is 9.27. The predicted octanol–water partition coefficient (Wildman–Crippen LogP) is 3.04. The van der Waals surface area contributed by atoms with Crippen molar-refractivity contribution < 1.29 is 9.47 Å². The van der Waals surface area contributed by atoms with Gasteiger partial charge in [0.05, 0.1) is 17.3 Å². The van der Waals surface area contributed by atoms with Gasteiger partial charge in [0.2, 0.25) is 5.88 Å². The van der Waals surface area contributed by atoms with Crippen LogP contribution in [0.4, 0.5) is 0 Å². The third-order valence-corrected chi connectivity index (χ3v) is 2.90. The summed E-state index contributed by atoms with van der Waals surface area (Å²) in [6, 6.07) is 3.60. The molecule has 0 aromatic carbocycles. The minimum atomic E-state index is 0.513. The van der Waals surface area contributed by atoms with Crippen LogP contribution in [0.15, 0.2) is 12.1 Å². The quantitative estimate of drug-likeness (QED) is 0.672. The highest BCUT2D eigenvalue weighted by Gasteiger charge is 2.04. The molecule has 0 aliphatic rings. The van der Waals surface area contributed by atoms with Crippen LogP contribution in [0.1, 0.15) is 32.4 Å². The first-order valence-electron chi connectivity index (χ1n) is 6.84. The monoisotopic (exact) mass is 286 g/mol. The van der Waals surface area contributed by atoms with Gasteiger partial charge in [-0.2, -0.15) is 0 Å². The lowest BCUT2D eigenvalue weighted by Gasteiger charge is -2.09. The zero-order valence-electron chi connectivity index (χ0n) is 11.7. The fourth-order valence-corrected chi connectivity index (χ4v) is 1.64. The summed E-state index contributed by atoms with van der Waals surface area (Å²) in [6.45, 7) is 7.62. The van der Waals surface area contributed by atoms with Crippen LogP contribution in [0, 0.1) is 0 Å². The average molecular weight is 287 g/mol. The van der Waals surface area contributed by atoms with Crippen molar-refractivity contribution in [1.29, 1.82) is 0 Å². The first-order valence-corrected chi connectivity index (χ1v) is 7.22. The Balaban J connectivity index is 2.33. The van der Waals surface area contributed by atoms with Crippen molar-refractivity contribution in [2.45, 2.75) is 33.2 Å². The third kappa shape index (κ3) is 6.76. The Morgan fingerprint density at radius 1 is 1.21 bits per heavy atom. The number of nitrogens with zero attached hydrogens (tertiary/aromatic N) is 1. The van der Waals surface area contributed by atoms with Gasteiger partial charge in [0.1, 0.15) is 6.61 Å². The van der Waals surface area contributed by atoms with E-state index in [0.29, 0.717) is 30.7 Å².